The van der Waals surface area contributed by atoms with Gasteiger partial charge in [-0.15, -0.1) is 0 Å². The van der Waals surface area contributed by atoms with Crippen LogP contribution in [0, 0.1) is 0 Å². The van der Waals surface area contributed by atoms with Gasteiger partial charge in [0.05, 0.1) is 0 Å². The summed E-state index contributed by atoms with van der Waals surface area (Å²) in [7, 11) is 0. The van der Waals surface area contributed by atoms with Gasteiger partial charge in [-0.25, -0.2) is 0 Å². The maximum Gasteiger partial charge on any atom is 0.220 e. The van der Waals surface area contributed by atoms with Crippen LogP contribution in [0.15, 0.2) is 36.4 Å². The van der Waals surface area contributed by atoms with Crippen LogP contribution < -0.4 is 11.1 Å². The average molecular weight is 230 g/mol. The molecule has 1 aliphatic rings. The predicted molar refractivity (Wildman–Crippen MR) is 69.5 cm³/mol. The van der Waals surface area contributed by atoms with Crippen LogP contribution in [0.5, 0.6) is 0 Å². The molecule has 90 valence electrons. The Bertz CT molecular complexity index is 418. The Labute approximate surface area is 102 Å². The number of hydrogen-bond acceptors (Lipinski definition) is 2. The van der Waals surface area contributed by atoms with Crippen molar-refractivity contribution in [3.8, 4) is 0 Å². The number of nitrogens with two attached hydrogens (primary N) is 1. The molecular weight excluding hydrogens is 212 g/mol. The van der Waals surface area contributed by atoms with Crippen LogP contribution in [-0.2, 0) is 11.2 Å². The highest BCUT2D eigenvalue weighted by atomic mass is 16.1. The second-order valence-electron chi connectivity index (χ2n) is 4.41. The molecule has 0 unspecified atom stereocenters. The molecule has 0 bridgehead atoms. The Hall–Kier alpha value is -1.77. The molecule has 1 aromatic rings. The van der Waals surface area contributed by atoms with Gasteiger partial charge in [-0.2, -0.15) is 0 Å². The largest absolute Gasteiger partial charge is 0.399 e. The zero-order chi connectivity index (χ0) is 12.1. The zero-order valence-electron chi connectivity index (χ0n) is 9.86. The standard InChI is InChI=1S/C14H18N2O/c15-13-8-4-1-5-11(13)9-10-14(17)16-12-6-2-3-7-12/h1-5,8,12H,6-7,9-10,15H2,(H,16,17). The van der Waals surface area contributed by atoms with Crippen LogP contribution in [0.25, 0.3) is 0 Å². The molecular formula is C14H18N2O. The minimum atomic E-state index is 0.113. The number of rotatable bonds is 4. The van der Waals surface area contributed by atoms with E-state index >= 15 is 0 Å². The summed E-state index contributed by atoms with van der Waals surface area (Å²) >= 11 is 0. The Kier molecular flexibility index (Phi) is 3.81. The first-order valence-electron chi connectivity index (χ1n) is 6.03. The molecule has 0 aromatic heterocycles. The van der Waals surface area contributed by atoms with Crippen LogP contribution >= 0.6 is 0 Å². The molecule has 2 rings (SSSR count). The second kappa shape index (κ2) is 5.53. The molecule has 1 amide bonds. The molecule has 1 aliphatic carbocycles. The number of carbonyl (C=O) groups is 1. The number of carbonyl (C=O) groups excluding carboxylic acids is 1. The van der Waals surface area contributed by atoms with Crippen LogP contribution in [0.3, 0.4) is 0 Å². The molecule has 1 aromatic carbocycles. The lowest BCUT2D eigenvalue weighted by molar-refractivity contribution is -0.121. The van der Waals surface area contributed by atoms with Crippen molar-refractivity contribution >= 4 is 11.6 Å². The first kappa shape index (κ1) is 11.7. The van der Waals surface area contributed by atoms with Crippen molar-refractivity contribution in [2.24, 2.45) is 0 Å². The monoisotopic (exact) mass is 230 g/mol. The summed E-state index contributed by atoms with van der Waals surface area (Å²) in [5.74, 6) is 0.113. The molecule has 0 saturated heterocycles. The summed E-state index contributed by atoms with van der Waals surface area (Å²) in [6.07, 6.45) is 7.35. The van der Waals surface area contributed by atoms with E-state index in [9.17, 15) is 4.79 Å². The first-order valence-corrected chi connectivity index (χ1v) is 6.03. The van der Waals surface area contributed by atoms with E-state index in [1.54, 1.807) is 0 Å². The number of para-hydroxylation sites is 1. The number of amides is 1. The van der Waals surface area contributed by atoms with Crippen molar-refractivity contribution in [3.63, 3.8) is 0 Å². The minimum Gasteiger partial charge on any atom is -0.399 e. The molecule has 0 saturated carbocycles. The lowest BCUT2D eigenvalue weighted by Gasteiger charge is -2.12. The predicted octanol–water partition coefficient (Wildman–Crippen LogP) is 2.04. The van der Waals surface area contributed by atoms with E-state index in [0.717, 1.165) is 24.1 Å². The highest BCUT2D eigenvalue weighted by Gasteiger charge is 2.13. The Morgan fingerprint density at radius 1 is 1.29 bits per heavy atom. The molecule has 0 spiro atoms. The molecule has 3 heteroatoms. The van der Waals surface area contributed by atoms with Crippen LogP contribution in [0.1, 0.15) is 24.8 Å². The topological polar surface area (TPSA) is 55.1 Å². The lowest BCUT2D eigenvalue weighted by Crippen LogP contribution is -2.32. The van der Waals surface area contributed by atoms with E-state index in [-0.39, 0.29) is 5.91 Å². The van der Waals surface area contributed by atoms with Gasteiger partial charge in [-0.3, -0.25) is 4.79 Å². The number of nitrogen functional groups attached to an aromatic ring is 1. The van der Waals surface area contributed by atoms with Crippen molar-refractivity contribution in [2.75, 3.05) is 5.73 Å². The molecule has 0 aliphatic heterocycles. The van der Waals surface area contributed by atoms with Gasteiger partial charge in [-0.1, -0.05) is 30.4 Å². The summed E-state index contributed by atoms with van der Waals surface area (Å²) in [5, 5.41) is 3.03. The number of nitrogens with one attached hydrogen (secondary N) is 1. The summed E-state index contributed by atoms with van der Waals surface area (Å²) < 4.78 is 0. The molecule has 3 N–H and O–H groups in total. The Morgan fingerprint density at radius 2 is 2.00 bits per heavy atom. The summed E-state index contributed by atoms with van der Waals surface area (Å²) in [4.78, 5) is 11.7. The molecule has 0 radical (unpaired) electrons. The fraction of sp³-hybridized carbons (Fsp3) is 0.357. The third kappa shape index (κ3) is 3.34. The molecule has 3 nitrogen and oxygen atoms in total. The second-order valence-corrected chi connectivity index (χ2v) is 4.41. The fourth-order valence-corrected chi connectivity index (χ4v) is 2.04. The van der Waals surface area contributed by atoms with Crippen LogP contribution in [0.4, 0.5) is 5.69 Å². The van der Waals surface area contributed by atoms with Crippen molar-refractivity contribution < 1.29 is 4.79 Å². The van der Waals surface area contributed by atoms with Crippen molar-refractivity contribution in [1.29, 1.82) is 0 Å². The van der Waals surface area contributed by atoms with Gasteiger partial charge in [-0.05, 0) is 30.9 Å². The van der Waals surface area contributed by atoms with Gasteiger partial charge in [0.25, 0.3) is 0 Å². The smallest absolute Gasteiger partial charge is 0.220 e. The average Bonchev–Trinajstić information content (AvgIpc) is 2.81. The number of aryl methyl sites for hydroxylation is 1. The maximum atomic E-state index is 11.7. The Balaban J connectivity index is 1.78. The van der Waals surface area contributed by atoms with E-state index in [4.69, 9.17) is 5.73 Å². The van der Waals surface area contributed by atoms with Crippen molar-refractivity contribution in [3.05, 3.63) is 42.0 Å². The van der Waals surface area contributed by atoms with Gasteiger partial charge in [0, 0.05) is 18.2 Å². The van der Waals surface area contributed by atoms with E-state index in [1.165, 1.54) is 0 Å². The highest BCUT2D eigenvalue weighted by molar-refractivity contribution is 5.76. The van der Waals surface area contributed by atoms with Gasteiger partial charge >= 0.3 is 0 Å². The SMILES string of the molecule is Nc1ccccc1CCC(=O)NC1CC=CC1. The number of anilines is 1. The van der Waals surface area contributed by atoms with Gasteiger partial charge in [0.15, 0.2) is 0 Å². The summed E-state index contributed by atoms with van der Waals surface area (Å²) in [5.41, 5.74) is 7.64. The third-order valence-electron chi connectivity index (χ3n) is 3.05. The van der Waals surface area contributed by atoms with Crippen LogP contribution in [-0.4, -0.2) is 11.9 Å². The highest BCUT2D eigenvalue weighted by Crippen LogP contribution is 2.13. The van der Waals surface area contributed by atoms with Crippen molar-refractivity contribution in [2.45, 2.75) is 31.7 Å². The van der Waals surface area contributed by atoms with E-state index in [2.05, 4.69) is 17.5 Å². The molecule has 0 atom stereocenters. The lowest BCUT2D eigenvalue weighted by atomic mass is 10.1. The third-order valence-corrected chi connectivity index (χ3v) is 3.05. The quantitative estimate of drug-likeness (QED) is 0.614. The normalized spacial score (nSPS) is 15.1. The number of benzene rings is 1. The summed E-state index contributed by atoms with van der Waals surface area (Å²) in [6.45, 7) is 0. The van der Waals surface area contributed by atoms with Gasteiger partial charge in [0.1, 0.15) is 0 Å². The molecule has 0 heterocycles. The van der Waals surface area contributed by atoms with E-state index < -0.39 is 0 Å². The first-order chi connectivity index (χ1) is 8.25. The number of hydrogen-bond donors (Lipinski definition) is 2. The maximum absolute atomic E-state index is 11.7. The van der Waals surface area contributed by atoms with Crippen LogP contribution in [0.2, 0.25) is 0 Å². The Morgan fingerprint density at radius 3 is 2.71 bits per heavy atom. The van der Waals surface area contributed by atoms with E-state index in [1.807, 2.05) is 24.3 Å². The molecule has 0 fully saturated rings. The fourth-order valence-electron chi connectivity index (χ4n) is 2.04. The summed E-state index contributed by atoms with van der Waals surface area (Å²) in [6, 6.07) is 8.00. The molecule has 17 heavy (non-hydrogen) atoms. The van der Waals surface area contributed by atoms with Gasteiger partial charge < -0.3 is 11.1 Å². The van der Waals surface area contributed by atoms with Gasteiger partial charge in [0.2, 0.25) is 5.91 Å². The van der Waals surface area contributed by atoms with E-state index in [0.29, 0.717) is 18.9 Å². The zero-order valence-corrected chi connectivity index (χ0v) is 9.86. The van der Waals surface area contributed by atoms with Crippen molar-refractivity contribution in [1.82, 2.24) is 5.32 Å². The minimum absolute atomic E-state index is 0.113.